The first-order valence-corrected chi connectivity index (χ1v) is 13.7. The molecule has 1 amide bonds. The second kappa shape index (κ2) is 7.82. The van der Waals surface area contributed by atoms with E-state index in [4.69, 9.17) is 4.74 Å². The maximum absolute atomic E-state index is 13.4. The topological polar surface area (TPSA) is 75.7 Å². The maximum Gasteiger partial charge on any atom is 0.276 e. The summed E-state index contributed by atoms with van der Waals surface area (Å²) in [7, 11) is -2.12. The Kier molecular flexibility index (Phi) is 5.01. The molecule has 33 heavy (non-hydrogen) atoms. The van der Waals surface area contributed by atoms with Gasteiger partial charge in [0, 0.05) is 28.8 Å². The maximum atomic E-state index is 13.4. The highest BCUT2D eigenvalue weighted by Gasteiger charge is 2.43. The number of nitrogens with one attached hydrogen (secondary N) is 1. The predicted octanol–water partition coefficient (Wildman–Crippen LogP) is 3.69. The molecule has 0 bridgehead atoms. The molecule has 2 aromatic carbocycles. The molecule has 1 fully saturated rings. The summed E-state index contributed by atoms with van der Waals surface area (Å²) in [4.78, 5) is 13.0. The number of hydrogen-bond acceptors (Lipinski definition) is 6. The molecule has 172 valence electrons. The summed E-state index contributed by atoms with van der Waals surface area (Å²) in [6.45, 7) is 1.13. The van der Waals surface area contributed by atoms with Crippen molar-refractivity contribution in [2.75, 3.05) is 20.2 Å². The minimum atomic E-state index is -3.83. The quantitative estimate of drug-likeness (QED) is 0.614. The molecule has 8 heteroatoms. The van der Waals surface area contributed by atoms with E-state index in [0.717, 1.165) is 39.5 Å². The zero-order valence-corrected chi connectivity index (χ0v) is 20.0. The molecule has 0 spiro atoms. The van der Waals surface area contributed by atoms with Crippen molar-refractivity contribution < 1.29 is 17.9 Å². The average Bonchev–Trinajstić information content (AvgIpc) is 3.40. The van der Waals surface area contributed by atoms with E-state index >= 15 is 0 Å². The summed E-state index contributed by atoms with van der Waals surface area (Å²) < 4.78 is 34.8. The molecule has 6 nitrogen and oxygen atoms in total. The fourth-order valence-electron chi connectivity index (χ4n) is 6.03. The summed E-state index contributed by atoms with van der Waals surface area (Å²) in [5.41, 5.74) is 3.23. The SMILES string of the molecule is COc1cccc2c1CC[C@H]1CNC(CCN3C(=O)Cc4c(sc5ccccc45)S3(=O)=O)[C@@H]21. The first-order valence-electron chi connectivity index (χ1n) is 11.4. The lowest BCUT2D eigenvalue weighted by Gasteiger charge is -2.33. The summed E-state index contributed by atoms with van der Waals surface area (Å²) in [5.74, 6) is 1.44. The van der Waals surface area contributed by atoms with Crippen LogP contribution in [0.5, 0.6) is 5.75 Å². The van der Waals surface area contributed by atoms with Crippen molar-refractivity contribution in [3.8, 4) is 5.75 Å². The summed E-state index contributed by atoms with van der Waals surface area (Å²) >= 11 is 1.27. The van der Waals surface area contributed by atoms with E-state index in [-0.39, 0.29) is 24.9 Å². The van der Waals surface area contributed by atoms with Crippen LogP contribution in [0.2, 0.25) is 0 Å². The number of hydrogen-bond donors (Lipinski definition) is 1. The zero-order valence-electron chi connectivity index (χ0n) is 18.4. The van der Waals surface area contributed by atoms with Gasteiger partial charge in [-0.15, -0.1) is 11.3 Å². The van der Waals surface area contributed by atoms with Gasteiger partial charge in [-0.3, -0.25) is 4.79 Å². The normalized spacial score (nSPS) is 25.5. The Morgan fingerprint density at radius 2 is 2.00 bits per heavy atom. The Morgan fingerprint density at radius 3 is 2.85 bits per heavy atom. The van der Waals surface area contributed by atoms with E-state index in [1.54, 1.807) is 7.11 Å². The highest BCUT2D eigenvalue weighted by atomic mass is 32.2. The highest BCUT2D eigenvalue weighted by Crippen LogP contribution is 2.45. The molecule has 1 saturated heterocycles. The van der Waals surface area contributed by atoms with Crippen LogP contribution in [0.4, 0.5) is 0 Å². The van der Waals surface area contributed by atoms with Crippen LogP contribution >= 0.6 is 11.3 Å². The lowest BCUT2D eigenvalue weighted by molar-refractivity contribution is -0.126. The van der Waals surface area contributed by atoms with Crippen LogP contribution in [0.15, 0.2) is 46.7 Å². The summed E-state index contributed by atoms with van der Waals surface area (Å²) in [5, 5.41) is 4.51. The third kappa shape index (κ3) is 3.22. The number of rotatable bonds is 4. The third-order valence-electron chi connectivity index (χ3n) is 7.53. The van der Waals surface area contributed by atoms with Crippen molar-refractivity contribution in [2.45, 2.75) is 41.9 Å². The lowest BCUT2D eigenvalue weighted by Crippen LogP contribution is -2.44. The Balaban J connectivity index is 1.28. The number of methoxy groups -OCH3 is 1. The van der Waals surface area contributed by atoms with Crippen molar-refractivity contribution in [2.24, 2.45) is 5.92 Å². The van der Waals surface area contributed by atoms with Gasteiger partial charge in [-0.05, 0) is 60.4 Å². The standard InChI is InChI=1S/C25H26N2O4S2/c1-31-21-7-4-6-18-16(21)10-9-15-14-26-20(24(15)18)11-12-27-23(28)13-19-17-5-2-3-8-22(17)32-25(19)33(27,29)30/h2-8,15,20,24,26H,9-14H2,1H3/t15-,20?,24+/m0/s1. The van der Waals surface area contributed by atoms with Gasteiger partial charge in [0.2, 0.25) is 5.91 Å². The monoisotopic (exact) mass is 482 g/mol. The Labute approximate surface area is 197 Å². The van der Waals surface area contributed by atoms with Gasteiger partial charge in [-0.1, -0.05) is 30.3 Å². The molecule has 3 aromatic rings. The van der Waals surface area contributed by atoms with Gasteiger partial charge in [-0.25, -0.2) is 12.7 Å². The number of carbonyl (C=O) groups is 1. The smallest absolute Gasteiger partial charge is 0.276 e. The van der Waals surface area contributed by atoms with E-state index in [1.165, 1.54) is 22.5 Å². The van der Waals surface area contributed by atoms with E-state index in [9.17, 15) is 13.2 Å². The van der Waals surface area contributed by atoms with Crippen LogP contribution in [0, 0.1) is 5.92 Å². The molecule has 0 radical (unpaired) electrons. The number of ether oxygens (including phenoxy) is 1. The van der Waals surface area contributed by atoms with E-state index in [0.29, 0.717) is 28.0 Å². The highest BCUT2D eigenvalue weighted by molar-refractivity contribution is 7.92. The van der Waals surface area contributed by atoms with Crippen LogP contribution < -0.4 is 10.1 Å². The molecule has 6 rings (SSSR count). The number of carbonyl (C=O) groups excluding carboxylic acids is 1. The predicted molar refractivity (Wildman–Crippen MR) is 128 cm³/mol. The molecule has 2 aliphatic heterocycles. The summed E-state index contributed by atoms with van der Waals surface area (Å²) in [6.07, 6.45) is 2.84. The fraction of sp³-hybridized carbons (Fsp3) is 0.400. The lowest BCUT2D eigenvalue weighted by atomic mass is 9.73. The van der Waals surface area contributed by atoms with Crippen molar-refractivity contribution in [3.05, 3.63) is 59.2 Å². The number of sulfonamides is 1. The molecule has 3 atom stereocenters. The van der Waals surface area contributed by atoms with Crippen molar-refractivity contribution >= 4 is 37.4 Å². The number of thiophene rings is 1. The van der Waals surface area contributed by atoms with Crippen LogP contribution in [-0.2, 0) is 27.7 Å². The summed E-state index contributed by atoms with van der Waals surface area (Å²) in [6, 6.07) is 14.0. The molecule has 3 heterocycles. The Hall–Kier alpha value is -2.42. The van der Waals surface area contributed by atoms with Crippen molar-refractivity contribution in [1.82, 2.24) is 9.62 Å². The van der Waals surface area contributed by atoms with Crippen LogP contribution in [0.1, 0.15) is 35.4 Å². The van der Waals surface area contributed by atoms with Crippen molar-refractivity contribution in [3.63, 3.8) is 0 Å². The Bertz CT molecular complexity index is 1360. The van der Waals surface area contributed by atoms with Gasteiger partial charge < -0.3 is 10.1 Å². The Morgan fingerprint density at radius 1 is 1.15 bits per heavy atom. The van der Waals surface area contributed by atoms with Gasteiger partial charge >= 0.3 is 0 Å². The van der Waals surface area contributed by atoms with Gasteiger partial charge in [0.1, 0.15) is 9.96 Å². The average molecular weight is 483 g/mol. The van der Waals surface area contributed by atoms with E-state index < -0.39 is 10.0 Å². The molecular formula is C25H26N2O4S2. The van der Waals surface area contributed by atoms with E-state index in [1.807, 2.05) is 36.4 Å². The number of nitrogens with zero attached hydrogens (tertiary/aromatic N) is 1. The van der Waals surface area contributed by atoms with Crippen molar-refractivity contribution in [1.29, 1.82) is 0 Å². The zero-order chi connectivity index (χ0) is 22.7. The number of benzene rings is 2. The first-order chi connectivity index (χ1) is 16.0. The number of amides is 1. The minimum Gasteiger partial charge on any atom is -0.496 e. The molecule has 1 unspecified atom stereocenters. The largest absolute Gasteiger partial charge is 0.496 e. The van der Waals surface area contributed by atoms with Crippen LogP contribution in [0.25, 0.3) is 10.1 Å². The molecule has 1 aliphatic carbocycles. The van der Waals surface area contributed by atoms with Gasteiger partial charge in [-0.2, -0.15) is 0 Å². The fourth-order valence-corrected chi connectivity index (χ4v) is 9.31. The van der Waals surface area contributed by atoms with Crippen LogP contribution in [0.3, 0.4) is 0 Å². The second-order valence-electron chi connectivity index (χ2n) is 9.17. The molecule has 1 N–H and O–H groups in total. The molecule has 1 aromatic heterocycles. The first kappa shape index (κ1) is 21.1. The van der Waals surface area contributed by atoms with Gasteiger partial charge in [0.25, 0.3) is 10.0 Å². The van der Waals surface area contributed by atoms with E-state index in [2.05, 4.69) is 11.4 Å². The number of fused-ring (bicyclic) bond motifs is 6. The minimum absolute atomic E-state index is 0.132. The second-order valence-corrected chi connectivity index (χ2v) is 12.3. The van der Waals surface area contributed by atoms with Gasteiger partial charge in [0.05, 0.1) is 13.5 Å². The van der Waals surface area contributed by atoms with Crippen LogP contribution in [-0.4, -0.2) is 44.9 Å². The molecule has 3 aliphatic rings. The third-order valence-corrected chi connectivity index (χ3v) is 11.1. The molecular weight excluding hydrogens is 456 g/mol. The molecule has 0 saturated carbocycles. The van der Waals surface area contributed by atoms with Gasteiger partial charge in [0.15, 0.2) is 0 Å².